The maximum absolute atomic E-state index is 12.8. The van der Waals surface area contributed by atoms with Gasteiger partial charge in [-0.3, -0.25) is 4.79 Å². The smallest absolute Gasteiger partial charge is 0.347 e. The minimum Gasteiger partial charge on any atom is -0.506 e. The van der Waals surface area contributed by atoms with Crippen molar-refractivity contribution in [3.05, 3.63) is 40.2 Å². The van der Waals surface area contributed by atoms with Gasteiger partial charge in [-0.25, -0.2) is 4.79 Å². The number of hydrogen-bond acceptors (Lipinski definition) is 4. The molecule has 5 nitrogen and oxygen atoms in total. The van der Waals surface area contributed by atoms with Crippen LogP contribution in [0.2, 0.25) is 0 Å². The zero-order valence-electron chi connectivity index (χ0n) is 15.8. The number of carbonyl (C=O) groups excluding carboxylic acids is 1. The topological polar surface area (TPSA) is 68.5 Å². The van der Waals surface area contributed by atoms with Crippen LogP contribution in [-0.4, -0.2) is 22.2 Å². The lowest BCUT2D eigenvalue weighted by Gasteiger charge is -2.14. The number of carbonyl (C=O) groups is 1. The molecule has 0 atom stereocenters. The van der Waals surface area contributed by atoms with Crippen LogP contribution < -0.4 is 5.56 Å². The fraction of sp³-hybridized carbons (Fsp3) is 0.524. The molecule has 1 aromatic carbocycles. The van der Waals surface area contributed by atoms with Gasteiger partial charge in [-0.05, 0) is 25.5 Å². The zero-order valence-corrected chi connectivity index (χ0v) is 15.8. The van der Waals surface area contributed by atoms with E-state index < -0.39 is 11.5 Å². The largest absolute Gasteiger partial charge is 0.506 e. The molecular weight excluding hydrogens is 330 g/mol. The number of ether oxygens (including phenoxy) is 1. The quantitative estimate of drug-likeness (QED) is 0.496. The number of aromatic hydroxyl groups is 1. The normalized spacial score (nSPS) is 11.0. The van der Waals surface area contributed by atoms with Crippen LogP contribution >= 0.6 is 0 Å². The van der Waals surface area contributed by atoms with Crippen molar-refractivity contribution in [2.24, 2.45) is 0 Å². The second-order valence-corrected chi connectivity index (χ2v) is 6.54. The van der Waals surface area contributed by atoms with Crippen LogP contribution in [0, 0.1) is 0 Å². The number of rotatable bonds is 10. The highest BCUT2D eigenvalue weighted by Crippen LogP contribution is 2.27. The van der Waals surface area contributed by atoms with E-state index in [4.69, 9.17) is 4.74 Å². The minimum absolute atomic E-state index is 0.155. The van der Waals surface area contributed by atoms with Gasteiger partial charge < -0.3 is 14.4 Å². The summed E-state index contributed by atoms with van der Waals surface area (Å²) in [5.41, 5.74) is -0.104. The number of aryl methyl sites for hydroxylation is 1. The van der Waals surface area contributed by atoms with Gasteiger partial charge in [-0.2, -0.15) is 0 Å². The predicted octanol–water partition coefficient (Wildman–Crippen LogP) is 4.63. The van der Waals surface area contributed by atoms with E-state index in [1.807, 2.05) is 6.07 Å². The van der Waals surface area contributed by atoms with Crippen LogP contribution in [0.4, 0.5) is 0 Å². The average molecular weight is 359 g/mol. The Morgan fingerprint density at radius 3 is 2.38 bits per heavy atom. The van der Waals surface area contributed by atoms with E-state index in [0.717, 1.165) is 19.3 Å². The number of fused-ring (bicyclic) bond motifs is 1. The summed E-state index contributed by atoms with van der Waals surface area (Å²) in [4.78, 5) is 25.0. The van der Waals surface area contributed by atoms with Crippen LogP contribution in [0.1, 0.15) is 69.2 Å². The first kappa shape index (κ1) is 20.0. The van der Waals surface area contributed by atoms with Crippen molar-refractivity contribution in [3.8, 4) is 5.75 Å². The van der Waals surface area contributed by atoms with Crippen LogP contribution in [0.15, 0.2) is 29.1 Å². The summed E-state index contributed by atoms with van der Waals surface area (Å²) in [6.07, 6.45) is 8.02. The number of unbranched alkanes of at least 4 members (excludes halogenated alkanes) is 6. The van der Waals surface area contributed by atoms with E-state index in [2.05, 4.69) is 6.92 Å². The molecule has 0 bridgehead atoms. The lowest BCUT2D eigenvalue weighted by Crippen LogP contribution is -2.28. The Morgan fingerprint density at radius 2 is 1.69 bits per heavy atom. The first-order chi connectivity index (χ1) is 12.6. The molecule has 2 aromatic rings. The van der Waals surface area contributed by atoms with E-state index >= 15 is 0 Å². The maximum Gasteiger partial charge on any atom is 0.347 e. The van der Waals surface area contributed by atoms with Gasteiger partial charge >= 0.3 is 5.97 Å². The fourth-order valence-electron chi connectivity index (χ4n) is 3.23. The Morgan fingerprint density at radius 1 is 1.04 bits per heavy atom. The van der Waals surface area contributed by atoms with Crippen molar-refractivity contribution in [1.29, 1.82) is 0 Å². The molecule has 0 aliphatic heterocycles. The number of nitrogens with zero attached hydrogens (tertiary/aromatic N) is 1. The van der Waals surface area contributed by atoms with Crippen molar-refractivity contribution < 1.29 is 14.6 Å². The molecule has 0 saturated carbocycles. The monoisotopic (exact) mass is 359 g/mol. The molecule has 0 radical (unpaired) electrons. The molecule has 0 aliphatic rings. The Labute approximate surface area is 154 Å². The van der Waals surface area contributed by atoms with Crippen LogP contribution in [-0.2, 0) is 11.3 Å². The second kappa shape index (κ2) is 10.00. The zero-order chi connectivity index (χ0) is 18.9. The molecule has 0 fully saturated rings. The summed E-state index contributed by atoms with van der Waals surface area (Å²) in [5.74, 6) is -1.06. The van der Waals surface area contributed by atoms with Crippen molar-refractivity contribution in [1.82, 2.24) is 4.57 Å². The first-order valence-electron chi connectivity index (χ1n) is 9.63. The van der Waals surface area contributed by atoms with Crippen LogP contribution in [0.5, 0.6) is 5.75 Å². The molecule has 0 amide bonds. The van der Waals surface area contributed by atoms with Gasteiger partial charge in [0.25, 0.3) is 5.56 Å². The molecule has 0 saturated heterocycles. The molecule has 1 heterocycles. The van der Waals surface area contributed by atoms with Crippen molar-refractivity contribution in [2.45, 2.75) is 65.3 Å². The SMILES string of the molecule is CCCCCCCCCn1c(=O)c(C(=O)OCC)c(O)c2ccccc21. The maximum atomic E-state index is 12.8. The van der Waals surface area contributed by atoms with Gasteiger partial charge in [-0.1, -0.05) is 57.6 Å². The summed E-state index contributed by atoms with van der Waals surface area (Å²) in [7, 11) is 0. The van der Waals surface area contributed by atoms with Gasteiger partial charge in [0.15, 0.2) is 5.56 Å². The Balaban J connectivity index is 2.24. The lowest BCUT2D eigenvalue weighted by molar-refractivity contribution is 0.0520. The van der Waals surface area contributed by atoms with E-state index in [1.54, 1.807) is 29.7 Å². The van der Waals surface area contributed by atoms with E-state index in [9.17, 15) is 14.7 Å². The molecule has 0 aliphatic carbocycles. The molecule has 1 aromatic heterocycles. The predicted molar refractivity (Wildman–Crippen MR) is 104 cm³/mol. The summed E-state index contributed by atoms with van der Waals surface area (Å²) in [5, 5.41) is 10.9. The van der Waals surface area contributed by atoms with Gasteiger partial charge in [0.1, 0.15) is 5.75 Å². The van der Waals surface area contributed by atoms with Crippen molar-refractivity contribution >= 4 is 16.9 Å². The summed E-state index contributed by atoms with van der Waals surface area (Å²) >= 11 is 0. The standard InChI is InChI=1S/C21H29NO4/c1-3-5-6-7-8-9-12-15-22-17-14-11-10-13-16(17)19(23)18(20(22)24)21(25)26-4-2/h10-11,13-14,23H,3-9,12,15H2,1-2H3. The third-order valence-corrected chi connectivity index (χ3v) is 4.61. The fourth-order valence-corrected chi connectivity index (χ4v) is 3.23. The number of esters is 1. The highest BCUT2D eigenvalue weighted by Gasteiger charge is 2.22. The Hall–Kier alpha value is -2.30. The minimum atomic E-state index is -0.769. The molecule has 5 heteroatoms. The van der Waals surface area contributed by atoms with Crippen LogP contribution in [0.25, 0.3) is 10.9 Å². The van der Waals surface area contributed by atoms with Gasteiger partial charge in [-0.15, -0.1) is 0 Å². The summed E-state index contributed by atoms with van der Waals surface area (Å²) < 4.78 is 6.55. The molecular formula is C21H29NO4. The van der Waals surface area contributed by atoms with Crippen LogP contribution in [0.3, 0.4) is 0 Å². The van der Waals surface area contributed by atoms with E-state index in [1.165, 1.54) is 25.7 Å². The van der Waals surface area contributed by atoms with E-state index in [0.29, 0.717) is 17.4 Å². The van der Waals surface area contributed by atoms with Gasteiger partial charge in [0.2, 0.25) is 0 Å². The first-order valence-corrected chi connectivity index (χ1v) is 9.63. The number of para-hydroxylation sites is 1. The van der Waals surface area contributed by atoms with E-state index in [-0.39, 0.29) is 17.9 Å². The van der Waals surface area contributed by atoms with Gasteiger partial charge in [0, 0.05) is 11.9 Å². The molecule has 1 N–H and O–H groups in total. The lowest BCUT2D eigenvalue weighted by atomic mass is 10.1. The third-order valence-electron chi connectivity index (χ3n) is 4.61. The number of hydrogen-bond donors (Lipinski definition) is 1. The summed E-state index contributed by atoms with van der Waals surface area (Å²) in [6.45, 7) is 4.55. The third kappa shape index (κ3) is 4.65. The highest BCUT2D eigenvalue weighted by molar-refractivity contribution is 5.99. The van der Waals surface area contributed by atoms with Crippen molar-refractivity contribution in [2.75, 3.05) is 6.61 Å². The Kier molecular flexibility index (Phi) is 7.70. The molecule has 2 rings (SSSR count). The highest BCUT2D eigenvalue weighted by atomic mass is 16.5. The number of benzene rings is 1. The molecule has 142 valence electrons. The average Bonchev–Trinajstić information content (AvgIpc) is 2.63. The Bertz CT molecular complexity index is 794. The second-order valence-electron chi connectivity index (χ2n) is 6.54. The molecule has 0 spiro atoms. The van der Waals surface area contributed by atoms with Crippen molar-refractivity contribution in [3.63, 3.8) is 0 Å². The summed E-state index contributed by atoms with van der Waals surface area (Å²) in [6, 6.07) is 7.12. The number of aromatic nitrogens is 1. The van der Waals surface area contributed by atoms with Gasteiger partial charge in [0.05, 0.1) is 12.1 Å². The molecule has 26 heavy (non-hydrogen) atoms. The molecule has 0 unspecified atom stereocenters. The number of pyridine rings is 1.